The van der Waals surface area contributed by atoms with Crippen molar-refractivity contribution in [1.82, 2.24) is 10.2 Å². The third-order valence-electron chi connectivity index (χ3n) is 2.52. The van der Waals surface area contributed by atoms with E-state index < -0.39 is 25.5 Å². The van der Waals surface area contributed by atoms with E-state index in [1.165, 1.54) is 0 Å². The number of nitrogens with one attached hydrogen (secondary N) is 1. The van der Waals surface area contributed by atoms with Gasteiger partial charge in [-0.1, -0.05) is 0 Å². The molecule has 0 aromatic carbocycles. The van der Waals surface area contributed by atoms with Gasteiger partial charge in [0, 0.05) is 19.6 Å². The summed E-state index contributed by atoms with van der Waals surface area (Å²) in [5.41, 5.74) is 0. The lowest BCUT2D eigenvalue weighted by atomic mass is 10.2. The normalized spacial score (nSPS) is 22.3. The van der Waals surface area contributed by atoms with Gasteiger partial charge in [0.2, 0.25) is 0 Å². The fraction of sp³-hybridized carbons (Fsp3) is 0.889. The molecule has 1 atom stereocenters. The second-order valence-corrected chi connectivity index (χ2v) is 3.64. The molecule has 1 aliphatic rings. The van der Waals surface area contributed by atoms with Crippen LogP contribution in [0.25, 0.3) is 0 Å². The van der Waals surface area contributed by atoms with Gasteiger partial charge in [-0.2, -0.15) is 0 Å². The molecular formula is C9H16F2N2O3. The van der Waals surface area contributed by atoms with Crippen LogP contribution in [0.4, 0.5) is 13.6 Å². The highest BCUT2D eigenvalue weighted by atomic mass is 19.1. The Balaban J connectivity index is 2.37. The molecule has 16 heavy (non-hydrogen) atoms. The van der Waals surface area contributed by atoms with Crippen LogP contribution < -0.4 is 5.32 Å². The van der Waals surface area contributed by atoms with E-state index in [1.807, 2.05) is 0 Å². The maximum atomic E-state index is 12.5. The Morgan fingerprint density at radius 2 is 2.25 bits per heavy atom. The molecule has 7 heteroatoms. The van der Waals surface area contributed by atoms with E-state index in [0.717, 1.165) is 0 Å². The molecule has 0 saturated carbocycles. The number of halogens is 2. The molecule has 1 fully saturated rings. The number of hydrogen-bond acceptors (Lipinski definition) is 3. The van der Waals surface area contributed by atoms with Gasteiger partial charge >= 0.3 is 6.09 Å². The summed E-state index contributed by atoms with van der Waals surface area (Å²) >= 11 is 0. The van der Waals surface area contributed by atoms with Crippen LogP contribution in [-0.4, -0.2) is 67.8 Å². The lowest BCUT2D eigenvalue weighted by molar-refractivity contribution is -0.0474. The quantitative estimate of drug-likeness (QED) is 0.721. The molecule has 94 valence electrons. The first kappa shape index (κ1) is 13.1. The van der Waals surface area contributed by atoms with E-state index in [4.69, 9.17) is 9.84 Å². The highest BCUT2D eigenvalue weighted by Gasteiger charge is 2.26. The third kappa shape index (κ3) is 3.90. The lowest BCUT2D eigenvalue weighted by Gasteiger charge is -2.36. The smallest absolute Gasteiger partial charge is 0.404 e. The van der Waals surface area contributed by atoms with Gasteiger partial charge in [-0.3, -0.25) is 4.90 Å². The molecule has 0 aliphatic carbocycles. The molecule has 1 amide bonds. The minimum atomic E-state index is -1.13. The Morgan fingerprint density at radius 1 is 1.56 bits per heavy atom. The van der Waals surface area contributed by atoms with Crippen LogP contribution in [0.15, 0.2) is 0 Å². The first-order valence-corrected chi connectivity index (χ1v) is 5.11. The highest BCUT2D eigenvalue weighted by Crippen LogP contribution is 2.10. The van der Waals surface area contributed by atoms with Crippen molar-refractivity contribution in [2.45, 2.75) is 12.1 Å². The zero-order valence-electron chi connectivity index (χ0n) is 8.86. The number of carbonyl (C=O) groups is 1. The van der Waals surface area contributed by atoms with Gasteiger partial charge in [0.15, 0.2) is 0 Å². The third-order valence-corrected chi connectivity index (χ3v) is 2.52. The number of alkyl halides is 2. The lowest BCUT2D eigenvalue weighted by Crippen LogP contribution is -2.52. The Bertz CT molecular complexity index is 227. The van der Waals surface area contributed by atoms with Crippen molar-refractivity contribution in [2.24, 2.45) is 0 Å². The molecule has 1 aliphatic heterocycles. The second-order valence-electron chi connectivity index (χ2n) is 3.64. The number of ether oxygens (including phenoxy) is 1. The Labute approximate surface area is 92.4 Å². The molecule has 0 bridgehead atoms. The maximum Gasteiger partial charge on any atom is 0.404 e. The maximum absolute atomic E-state index is 12.5. The summed E-state index contributed by atoms with van der Waals surface area (Å²) in [6, 6.07) is -0.740. The van der Waals surface area contributed by atoms with Gasteiger partial charge in [0.25, 0.3) is 0 Å². The van der Waals surface area contributed by atoms with Crippen molar-refractivity contribution < 1.29 is 23.4 Å². The summed E-state index contributed by atoms with van der Waals surface area (Å²) in [6.07, 6.45) is -1.47. The van der Waals surface area contributed by atoms with Gasteiger partial charge in [-0.05, 0) is 0 Å². The molecule has 1 rings (SSSR count). The average molecular weight is 238 g/mol. The van der Waals surface area contributed by atoms with Crippen LogP contribution in [0.5, 0.6) is 0 Å². The summed E-state index contributed by atoms with van der Waals surface area (Å²) in [7, 11) is 0. The van der Waals surface area contributed by atoms with Gasteiger partial charge in [0.1, 0.15) is 13.3 Å². The number of rotatable bonds is 5. The number of morpholine rings is 1. The van der Waals surface area contributed by atoms with Crippen LogP contribution in [0.2, 0.25) is 0 Å². The Morgan fingerprint density at radius 3 is 2.81 bits per heavy atom. The van der Waals surface area contributed by atoms with Gasteiger partial charge in [-0.25, -0.2) is 13.6 Å². The zero-order chi connectivity index (χ0) is 12.0. The Hall–Kier alpha value is -0.950. The van der Waals surface area contributed by atoms with Crippen LogP contribution >= 0.6 is 0 Å². The Kier molecular flexibility index (Phi) is 5.41. The molecule has 5 nitrogen and oxygen atoms in total. The molecule has 1 saturated heterocycles. The van der Waals surface area contributed by atoms with E-state index in [0.29, 0.717) is 19.7 Å². The predicted molar refractivity (Wildman–Crippen MR) is 53.1 cm³/mol. The monoisotopic (exact) mass is 238 g/mol. The fourth-order valence-corrected chi connectivity index (χ4v) is 1.63. The van der Waals surface area contributed by atoms with E-state index in [2.05, 4.69) is 5.32 Å². The molecule has 0 aromatic heterocycles. The SMILES string of the molecule is O=C(O)NCC1CN(C(CF)CF)CCO1. The first-order chi connectivity index (χ1) is 7.67. The van der Waals surface area contributed by atoms with E-state index in [9.17, 15) is 13.6 Å². The van der Waals surface area contributed by atoms with Crippen molar-refractivity contribution in [3.8, 4) is 0 Å². The number of hydrogen-bond donors (Lipinski definition) is 2. The highest BCUT2D eigenvalue weighted by molar-refractivity contribution is 5.64. The van der Waals surface area contributed by atoms with Gasteiger partial charge < -0.3 is 15.2 Å². The van der Waals surface area contributed by atoms with Crippen LogP contribution in [-0.2, 0) is 4.74 Å². The standard InChI is InChI=1S/C9H16F2N2O3/c10-3-7(4-11)13-1-2-16-8(6-13)5-12-9(14)15/h7-8,12H,1-6H2,(H,14,15). The number of nitrogens with zero attached hydrogens (tertiary/aromatic N) is 1. The molecule has 1 unspecified atom stereocenters. The summed E-state index contributed by atoms with van der Waals surface area (Å²) < 4.78 is 30.2. The minimum Gasteiger partial charge on any atom is -0.465 e. The number of carboxylic acid groups (broad SMARTS) is 1. The average Bonchev–Trinajstić information content (AvgIpc) is 2.29. The van der Waals surface area contributed by atoms with E-state index >= 15 is 0 Å². The van der Waals surface area contributed by atoms with E-state index in [1.54, 1.807) is 4.90 Å². The molecule has 0 radical (unpaired) electrons. The summed E-state index contributed by atoms with van der Waals surface area (Å²) in [4.78, 5) is 11.9. The van der Waals surface area contributed by atoms with Crippen LogP contribution in [0.3, 0.4) is 0 Å². The van der Waals surface area contributed by atoms with Crippen molar-refractivity contribution in [3.63, 3.8) is 0 Å². The largest absolute Gasteiger partial charge is 0.465 e. The van der Waals surface area contributed by atoms with Crippen LogP contribution in [0, 0.1) is 0 Å². The first-order valence-electron chi connectivity index (χ1n) is 5.11. The molecule has 0 spiro atoms. The number of amides is 1. The zero-order valence-corrected chi connectivity index (χ0v) is 8.86. The van der Waals surface area contributed by atoms with Crippen molar-refractivity contribution >= 4 is 6.09 Å². The van der Waals surface area contributed by atoms with Crippen molar-refractivity contribution in [1.29, 1.82) is 0 Å². The van der Waals surface area contributed by atoms with Gasteiger partial charge in [0.05, 0.1) is 18.8 Å². The predicted octanol–water partition coefficient (Wildman–Crippen LogP) is 0.262. The molecular weight excluding hydrogens is 222 g/mol. The summed E-state index contributed by atoms with van der Waals surface area (Å²) in [5, 5.41) is 10.6. The minimum absolute atomic E-state index is 0.136. The van der Waals surface area contributed by atoms with Crippen molar-refractivity contribution in [2.75, 3.05) is 39.6 Å². The van der Waals surface area contributed by atoms with Gasteiger partial charge in [-0.15, -0.1) is 0 Å². The topological polar surface area (TPSA) is 61.8 Å². The van der Waals surface area contributed by atoms with Crippen molar-refractivity contribution in [3.05, 3.63) is 0 Å². The summed E-state index contributed by atoms with van der Waals surface area (Å²) in [6.45, 7) is -0.161. The second kappa shape index (κ2) is 6.59. The summed E-state index contributed by atoms with van der Waals surface area (Å²) in [5.74, 6) is 0. The molecule has 2 N–H and O–H groups in total. The van der Waals surface area contributed by atoms with E-state index in [-0.39, 0.29) is 12.6 Å². The fourth-order valence-electron chi connectivity index (χ4n) is 1.63. The van der Waals surface area contributed by atoms with Crippen LogP contribution in [0.1, 0.15) is 0 Å². The molecule has 0 aromatic rings. The molecule has 1 heterocycles.